The number of fused-ring (bicyclic) bond motifs is 5. The summed E-state index contributed by atoms with van der Waals surface area (Å²) in [5.74, 6) is 1.27. The number of β-amino-alcohol motifs (C(OH)–C–C–N with tert-alkyl or cyclic N) is 1. The lowest BCUT2D eigenvalue weighted by Crippen LogP contribution is -2.58. The van der Waals surface area contributed by atoms with Crippen molar-refractivity contribution in [1.29, 1.82) is 0 Å². The molecule has 15 heteroatoms. The van der Waals surface area contributed by atoms with Crippen LogP contribution in [0.15, 0.2) is 48.0 Å². The number of aliphatic hydroxyl groups is 2. The first kappa shape index (κ1) is 50.9. The number of benzene rings is 2. The van der Waals surface area contributed by atoms with Gasteiger partial charge in [-0.2, -0.15) is 0 Å². The van der Waals surface area contributed by atoms with Gasteiger partial charge in [-0.05, 0) is 121 Å². The van der Waals surface area contributed by atoms with E-state index in [2.05, 4.69) is 28.6 Å². The number of aromatic hydroxyl groups is 1. The Labute approximate surface area is 400 Å². The van der Waals surface area contributed by atoms with Crippen LogP contribution in [-0.4, -0.2) is 127 Å². The molecule has 3 fully saturated rings. The smallest absolute Gasteiger partial charge is 0.246 e. The molecule has 9 atom stereocenters. The fraction of sp³-hybridized carbons (Fsp3) is 0.654. The number of aryl methyl sites for hydroxylation is 1. The van der Waals surface area contributed by atoms with E-state index >= 15 is 0 Å². The Kier molecular flexibility index (Phi) is 17.5. The number of aliphatic hydroxyl groups excluding tert-OH is 2. The quantitative estimate of drug-likeness (QED) is 0.0710. The fourth-order valence-electron chi connectivity index (χ4n) is 11.4. The predicted molar refractivity (Wildman–Crippen MR) is 256 cm³/mol. The summed E-state index contributed by atoms with van der Waals surface area (Å²) in [7, 11) is 0. The van der Waals surface area contributed by atoms with Crippen molar-refractivity contribution in [2.45, 2.75) is 129 Å². The number of phenolic OH excluding ortho intramolecular Hbond substituents is 1. The molecule has 5 N–H and O–H groups in total. The van der Waals surface area contributed by atoms with E-state index in [0.29, 0.717) is 62.5 Å². The number of ether oxygens (including phenoxy) is 4. The lowest BCUT2D eigenvalue weighted by Gasteiger charge is -2.53. The molecule has 9 unspecified atom stereocenters. The van der Waals surface area contributed by atoms with Gasteiger partial charge in [0.25, 0.3) is 0 Å². The molecule has 3 aliphatic carbocycles. The summed E-state index contributed by atoms with van der Waals surface area (Å²) in [6, 6.07) is 12.0. The van der Waals surface area contributed by atoms with E-state index in [-0.39, 0.29) is 56.8 Å². The molecule has 7 rings (SSSR count). The van der Waals surface area contributed by atoms with E-state index in [1.54, 1.807) is 11.3 Å². The van der Waals surface area contributed by atoms with Gasteiger partial charge in [-0.25, -0.2) is 4.98 Å². The van der Waals surface area contributed by atoms with Crippen LogP contribution in [0.3, 0.4) is 0 Å². The number of amides is 3. The second-order valence-corrected chi connectivity index (χ2v) is 21.5. The second kappa shape index (κ2) is 23.1. The van der Waals surface area contributed by atoms with Crippen molar-refractivity contribution in [3.8, 4) is 16.2 Å². The molecule has 0 radical (unpaired) electrons. The fourth-order valence-corrected chi connectivity index (χ4v) is 12.3. The topological polar surface area (TPSA) is 189 Å². The average Bonchev–Trinajstić information content (AvgIpc) is 4.00. The van der Waals surface area contributed by atoms with Crippen molar-refractivity contribution in [3.05, 3.63) is 70.4 Å². The minimum absolute atomic E-state index is 0.00744. The number of likely N-dealkylation sites (tertiary alicyclic amines) is 1. The molecular formula is C52H74N4O10S. The number of nitrogens with zero attached hydrogens (tertiary/aromatic N) is 2. The monoisotopic (exact) mass is 947 g/mol. The molecule has 2 heterocycles. The lowest BCUT2D eigenvalue weighted by atomic mass is 9.52. The van der Waals surface area contributed by atoms with Crippen molar-refractivity contribution >= 4 is 29.1 Å². The molecule has 1 aliphatic heterocycles. The summed E-state index contributed by atoms with van der Waals surface area (Å²) in [4.78, 5) is 47.1. The van der Waals surface area contributed by atoms with Crippen LogP contribution >= 0.6 is 11.3 Å². The second-order valence-electron chi connectivity index (χ2n) is 20.6. The molecule has 0 spiro atoms. The maximum Gasteiger partial charge on any atom is 0.246 e. The van der Waals surface area contributed by atoms with Crippen LogP contribution in [0.2, 0.25) is 0 Å². The molecule has 2 aromatic carbocycles. The van der Waals surface area contributed by atoms with Crippen LogP contribution in [0.4, 0.5) is 0 Å². The molecule has 4 aliphatic rings. The highest BCUT2D eigenvalue weighted by atomic mass is 32.1. The molecule has 1 saturated heterocycles. The Hall–Kier alpha value is -3.96. The summed E-state index contributed by atoms with van der Waals surface area (Å²) in [5, 5.41) is 37.5. The Bertz CT molecular complexity index is 2110. The Morgan fingerprint density at radius 1 is 0.925 bits per heavy atom. The molecule has 14 nitrogen and oxygen atoms in total. The lowest BCUT2D eigenvalue weighted by molar-refractivity contribution is -0.144. The molecule has 3 aromatic rings. The van der Waals surface area contributed by atoms with Gasteiger partial charge in [-0.1, -0.05) is 64.4 Å². The van der Waals surface area contributed by atoms with Crippen LogP contribution in [-0.2, 0) is 46.3 Å². The molecule has 368 valence electrons. The van der Waals surface area contributed by atoms with E-state index in [9.17, 15) is 29.7 Å². The minimum Gasteiger partial charge on any atom is -0.508 e. The first-order valence-electron chi connectivity index (χ1n) is 24.5. The van der Waals surface area contributed by atoms with Crippen molar-refractivity contribution < 1.29 is 48.7 Å². The van der Waals surface area contributed by atoms with E-state index in [4.69, 9.17) is 18.9 Å². The summed E-state index contributed by atoms with van der Waals surface area (Å²) >= 11 is 1.58. The number of hydrogen-bond donors (Lipinski definition) is 5. The van der Waals surface area contributed by atoms with Crippen molar-refractivity contribution in [2.75, 3.05) is 59.4 Å². The highest BCUT2D eigenvalue weighted by Gasteiger charge is 2.56. The van der Waals surface area contributed by atoms with Crippen molar-refractivity contribution in [3.63, 3.8) is 0 Å². The maximum atomic E-state index is 13.9. The number of carbonyl (C=O) groups excluding carboxylic acids is 3. The Morgan fingerprint density at radius 2 is 1.63 bits per heavy atom. The van der Waals surface area contributed by atoms with Gasteiger partial charge in [0.2, 0.25) is 17.7 Å². The summed E-state index contributed by atoms with van der Waals surface area (Å²) < 4.78 is 22.8. The normalized spacial score (nSPS) is 26.1. The molecule has 1 aromatic heterocycles. The SMILES string of the molecule is Cc1ncsc1-c1ccc(CNC(=O)C2CC(O)CN2C(=O)C(NC(=O)COCCOCCOCCOCCCCC2Cc3cc(O)ccc3C3CCC4(C)C(O)CCC4C23)C(C)(C)C)cc1. The van der Waals surface area contributed by atoms with Gasteiger partial charge in [0.05, 0.1) is 67.9 Å². The summed E-state index contributed by atoms with van der Waals surface area (Å²) in [5.41, 5.74) is 6.79. The number of carbonyl (C=O) groups is 3. The number of aromatic nitrogens is 1. The van der Waals surface area contributed by atoms with E-state index in [0.717, 1.165) is 73.1 Å². The zero-order valence-corrected chi connectivity index (χ0v) is 41.0. The standard InChI is InChI=1S/C52H74N4O10S/c1-33-47(67-32-54-33)35-11-9-34(10-12-35)29-53-49(61)43-28-39(58)30-56(43)50(62)48(51(2,3)4)55-45(60)31-66-25-24-65-23-22-64-21-20-63-19-7-6-8-36-26-37-27-38(57)13-14-40(37)41-17-18-52(5)42(46(36)41)15-16-44(52)59/h9-14,27,32,36,39,41-44,46,48,57-59H,6-8,15-26,28-31H2,1-5H3,(H,53,61)(H,55,60). The summed E-state index contributed by atoms with van der Waals surface area (Å²) in [6.07, 6.45) is 7.43. The molecule has 2 saturated carbocycles. The zero-order valence-electron chi connectivity index (χ0n) is 40.2. The number of unbranched alkanes of at least 4 members (excludes halogenated alkanes) is 1. The number of hydrogen-bond acceptors (Lipinski definition) is 12. The largest absolute Gasteiger partial charge is 0.508 e. The zero-order chi connectivity index (χ0) is 47.7. The van der Waals surface area contributed by atoms with Gasteiger partial charge in [-0.3, -0.25) is 14.4 Å². The maximum absolute atomic E-state index is 13.9. The number of nitrogens with one attached hydrogen (secondary N) is 2. The third-order valence-corrected chi connectivity index (χ3v) is 16.0. The number of rotatable bonds is 22. The van der Waals surface area contributed by atoms with Crippen LogP contribution < -0.4 is 10.6 Å². The minimum atomic E-state index is -0.953. The molecular weight excluding hydrogens is 873 g/mol. The number of thiazole rings is 1. The Balaban J connectivity index is 0.734. The molecule has 3 amide bonds. The van der Waals surface area contributed by atoms with Crippen LogP contribution in [0.5, 0.6) is 5.75 Å². The average molecular weight is 947 g/mol. The third kappa shape index (κ3) is 12.6. The van der Waals surface area contributed by atoms with E-state index < -0.39 is 35.4 Å². The first-order valence-corrected chi connectivity index (χ1v) is 25.4. The third-order valence-electron chi connectivity index (χ3n) is 15.0. The van der Waals surface area contributed by atoms with Crippen molar-refractivity contribution in [2.24, 2.45) is 28.6 Å². The molecule has 67 heavy (non-hydrogen) atoms. The van der Waals surface area contributed by atoms with Gasteiger partial charge in [0, 0.05) is 26.1 Å². The van der Waals surface area contributed by atoms with Crippen LogP contribution in [0, 0.1) is 35.5 Å². The Morgan fingerprint density at radius 3 is 2.31 bits per heavy atom. The first-order chi connectivity index (χ1) is 32.1. The highest BCUT2D eigenvalue weighted by Crippen LogP contribution is 2.62. The van der Waals surface area contributed by atoms with Crippen molar-refractivity contribution in [1.82, 2.24) is 20.5 Å². The van der Waals surface area contributed by atoms with E-state index in [1.807, 2.05) is 69.6 Å². The highest BCUT2D eigenvalue weighted by molar-refractivity contribution is 7.13. The van der Waals surface area contributed by atoms with Gasteiger partial charge in [-0.15, -0.1) is 11.3 Å². The molecule has 0 bridgehead atoms. The summed E-state index contributed by atoms with van der Waals surface area (Å²) in [6.45, 7) is 12.7. The predicted octanol–water partition coefficient (Wildman–Crippen LogP) is 6.31. The van der Waals surface area contributed by atoms with Gasteiger partial charge in [0.1, 0.15) is 24.4 Å². The number of phenols is 1. The van der Waals surface area contributed by atoms with Gasteiger partial charge >= 0.3 is 0 Å². The van der Waals surface area contributed by atoms with Gasteiger partial charge < -0.3 is 49.8 Å². The van der Waals surface area contributed by atoms with Crippen LogP contribution in [0.1, 0.15) is 107 Å². The van der Waals surface area contributed by atoms with Gasteiger partial charge in [0.15, 0.2) is 0 Å². The van der Waals surface area contributed by atoms with E-state index in [1.165, 1.54) is 16.0 Å². The van der Waals surface area contributed by atoms with Crippen LogP contribution in [0.25, 0.3) is 10.4 Å².